The molecule has 1 aliphatic rings. The van der Waals surface area contributed by atoms with Gasteiger partial charge in [0, 0.05) is 23.8 Å². The summed E-state index contributed by atoms with van der Waals surface area (Å²) in [4.78, 5) is 3.76. The first-order valence-corrected chi connectivity index (χ1v) is 10.6. The van der Waals surface area contributed by atoms with Crippen LogP contribution in [0.5, 0.6) is 0 Å². The molecule has 0 aromatic carbocycles. The number of rotatable bonds is 8. The normalized spacial score (nSPS) is 21.3. The van der Waals surface area contributed by atoms with Gasteiger partial charge in [-0.3, -0.25) is 4.98 Å². The maximum Gasteiger partial charge on any atom is 0.214 e. The number of sulfonamides is 1. The lowest BCUT2D eigenvalue weighted by Gasteiger charge is -2.35. The fourth-order valence-electron chi connectivity index (χ4n) is 3.71. The predicted molar refractivity (Wildman–Crippen MR) is 114 cm³/mol. The fourth-order valence-corrected chi connectivity index (χ4v) is 4.93. The standard InChI is InChI=1S/C18H30FN3O3S.2ClH/c1-18(2,22-12-17(23)14-8-15(19)11-21-10-14)9-13-4-6-16(7-5-13)26(24,25)20-3;;/h8,10-11,13,16-17,20,22-23H,4-7,9,12H2,1-3H3;2*1H. The monoisotopic (exact) mass is 459 g/mol. The Morgan fingerprint density at radius 2 is 1.86 bits per heavy atom. The molecule has 0 aliphatic heterocycles. The van der Waals surface area contributed by atoms with Crippen LogP contribution in [-0.2, 0) is 10.0 Å². The van der Waals surface area contributed by atoms with E-state index in [4.69, 9.17) is 0 Å². The third-order valence-electron chi connectivity index (χ3n) is 5.20. The van der Waals surface area contributed by atoms with E-state index in [0.717, 1.165) is 25.5 Å². The van der Waals surface area contributed by atoms with Crippen molar-refractivity contribution >= 4 is 34.8 Å². The fraction of sp³-hybridized carbons (Fsp3) is 0.722. The van der Waals surface area contributed by atoms with E-state index in [9.17, 15) is 17.9 Å². The van der Waals surface area contributed by atoms with Gasteiger partial charge in [-0.05, 0) is 65.0 Å². The smallest absolute Gasteiger partial charge is 0.214 e. The summed E-state index contributed by atoms with van der Waals surface area (Å²) in [5.41, 5.74) is 0.243. The lowest BCUT2D eigenvalue weighted by atomic mass is 9.80. The van der Waals surface area contributed by atoms with Gasteiger partial charge in [-0.1, -0.05) is 0 Å². The van der Waals surface area contributed by atoms with Crippen molar-refractivity contribution in [3.8, 4) is 0 Å². The number of hydrogen-bond acceptors (Lipinski definition) is 5. The minimum atomic E-state index is -3.18. The molecule has 0 spiro atoms. The zero-order chi connectivity index (χ0) is 19.4. The number of nitrogens with one attached hydrogen (secondary N) is 2. The summed E-state index contributed by atoms with van der Waals surface area (Å²) in [6.45, 7) is 4.45. The first-order chi connectivity index (χ1) is 12.1. The average molecular weight is 460 g/mol. The van der Waals surface area contributed by atoms with E-state index in [-0.39, 0.29) is 35.6 Å². The van der Waals surface area contributed by atoms with Gasteiger partial charge in [0.15, 0.2) is 0 Å². The SMILES string of the molecule is CNS(=O)(=O)C1CCC(CC(C)(C)NCC(O)c2cncc(F)c2)CC1.Cl.Cl. The van der Waals surface area contributed by atoms with Crippen LogP contribution in [0.2, 0.25) is 0 Å². The number of β-amino-alcohol motifs (C(OH)–C–C–N with tert-alkyl or cyclic N) is 1. The molecular formula is C18H32Cl2FN3O3S. The van der Waals surface area contributed by atoms with Crippen LogP contribution in [0.3, 0.4) is 0 Å². The van der Waals surface area contributed by atoms with Gasteiger partial charge in [0.25, 0.3) is 0 Å². The summed E-state index contributed by atoms with van der Waals surface area (Å²) >= 11 is 0. The van der Waals surface area contributed by atoms with Gasteiger partial charge < -0.3 is 10.4 Å². The number of aliphatic hydroxyl groups excluding tert-OH is 1. The molecule has 1 unspecified atom stereocenters. The second-order valence-corrected chi connectivity index (χ2v) is 9.98. The largest absolute Gasteiger partial charge is 0.387 e. The van der Waals surface area contributed by atoms with E-state index >= 15 is 0 Å². The molecule has 6 nitrogen and oxygen atoms in total. The molecule has 1 aromatic rings. The van der Waals surface area contributed by atoms with E-state index in [2.05, 4.69) is 28.9 Å². The molecule has 3 N–H and O–H groups in total. The molecule has 0 amide bonds. The molecule has 1 heterocycles. The summed E-state index contributed by atoms with van der Waals surface area (Å²) in [7, 11) is -1.71. The van der Waals surface area contributed by atoms with Crippen molar-refractivity contribution in [2.24, 2.45) is 5.92 Å². The Morgan fingerprint density at radius 1 is 1.25 bits per heavy atom. The van der Waals surface area contributed by atoms with Gasteiger partial charge >= 0.3 is 0 Å². The summed E-state index contributed by atoms with van der Waals surface area (Å²) in [5, 5.41) is 13.3. The second-order valence-electron chi connectivity index (χ2n) is 7.81. The molecule has 1 fully saturated rings. The highest BCUT2D eigenvalue weighted by atomic mass is 35.5. The Hall–Kier alpha value is -0.510. The van der Waals surface area contributed by atoms with Crippen LogP contribution < -0.4 is 10.0 Å². The van der Waals surface area contributed by atoms with Gasteiger partial charge in [0.2, 0.25) is 10.0 Å². The Kier molecular flexibility index (Phi) is 11.4. The van der Waals surface area contributed by atoms with Gasteiger partial charge in [-0.25, -0.2) is 17.5 Å². The highest BCUT2D eigenvalue weighted by Crippen LogP contribution is 2.33. The zero-order valence-electron chi connectivity index (χ0n) is 16.5. The molecular weight excluding hydrogens is 428 g/mol. The lowest BCUT2D eigenvalue weighted by Crippen LogP contribution is -2.44. The van der Waals surface area contributed by atoms with Crippen LogP contribution in [0.15, 0.2) is 18.5 Å². The summed E-state index contributed by atoms with van der Waals surface area (Å²) < 4.78 is 39.4. The molecule has 0 radical (unpaired) electrons. The number of hydrogen-bond donors (Lipinski definition) is 3. The van der Waals surface area contributed by atoms with E-state index < -0.39 is 21.9 Å². The van der Waals surface area contributed by atoms with Crippen molar-refractivity contribution < 1.29 is 17.9 Å². The first-order valence-electron chi connectivity index (χ1n) is 9.09. The zero-order valence-corrected chi connectivity index (χ0v) is 19.0. The Morgan fingerprint density at radius 3 is 2.39 bits per heavy atom. The topological polar surface area (TPSA) is 91.3 Å². The van der Waals surface area contributed by atoms with E-state index in [0.29, 0.717) is 30.9 Å². The summed E-state index contributed by atoms with van der Waals surface area (Å²) in [6.07, 6.45) is 5.77. The van der Waals surface area contributed by atoms with Crippen molar-refractivity contribution in [1.29, 1.82) is 0 Å². The summed E-state index contributed by atoms with van der Waals surface area (Å²) in [5.74, 6) is -0.0112. The molecule has 164 valence electrons. The molecule has 1 aliphatic carbocycles. The van der Waals surface area contributed by atoms with Crippen molar-refractivity contribution in [1.82, 2.24) is 15.0 Å². The lowest BCUT2D eigenvalue weighted by molar-refractivity contribution is 0.150. The number of pyridine rings is 1. The van der Waals surface area contributed by atoms with Crippen molar-refractivity contribution in [2.45, 2.75) is 62.8 Å². The number of aromatic nitrogens is 1. The first kappa shape index (κ1) is 27.5. The Labute approximate surface area is 180 Å². The molecule has 0 bridgehead atoms. The number of halogens is 3. The van der Waals surface area contributed by atoms with Gasteiger partial charge in [-0.2, -0.15) is 0 Å². The Balaban J connectivity index is 0.00000364. The van der Waals surface area contributed by atoms with Crippen LogP contribution in [0.1, 0.15) is 57.6 Å². The van der Waals surface area contributed by atoms with Gasteiger partial charge in [0.05, 0.1) is 17.6 Å². The third kappa shape index (κ3) is 8.08. The summed E-state index contributed by atoms with van der Waals surface area (Å²) in [6, 6.07) is 1.29. The van der Waals surface area contributed by atoms with Crippen LogP contribution in [0, 0.1) is 11.7 Å². The molecule has 28 heavy (non-hydrogen) atoms. The van der Waals surface area contributed by atoms with Crippen molar-refractivity contribution in [2.75, 3.05) is 13.6 Å². The number of nitrogens with zero attached hydrogens (tertiary/aromatic N) is 1. The molecule has 1 atom stereocenters. The maximum atomic E-state index is 13.2. The van der Waals surface area contributed by atoms with Gasteiger partial charge in [-0.15, -0.1) is 24.8 Å². The average Bonchev–Trinajstić information content (AvgIpc) is 2.60. The van der Waals surface area contributed by atoms with Crippen molar-refractivity contribution in [3.05, 3.63) is 29.8 Å². The van der Waals surface area contributed by atoms with Crippen LogP contribution >= 0.6 is 24.8 Å². The molecule has 1 aromatic heterocycles. The minimum absolute atomic E-state index is 0. The highest BCUT2D eigenvalue weighted by molar-refractivity contribution is 7.90. The van der Waals surface area contributed by atoms with Crippen molar-refractivity contribution in [3.63, 3.8) is 0 Å². The van der Waals surface area contributed by atoms with Crippen LogP contribution in [-0.4, -0.2) is 42.9 Å². The molecule has 2 rings (SSSR count). The predicted octanol–water partition coefficient (Wildman–Crippen LogP) is 2.96. The van der Waals surface area contributed by atoms with E-state index in [1.165, 1.54) is 19.3 Å². The Bertz CT molecular complexity index is 699. The van der Waals surface area contributed by atoms with E-state index in [1.807, 2.05) is 0 Å². The molecule has 0 saturated heterocycles. The third-order valence-corrected chi connectivity index (χ3v) is 7.12. The van der Waals surface area contributed by atoms with Crippen LogP contribution in [0.4, 0.5) is 4.39 Å². The maximum absolute atomic E-state index is 13.2. The number of aliphatic hydroxyl groups is 1. The highest BCUT2D eigenvalue weighted by Gasteiger charge is 2.32. The molecule has 10 heteroatoms. The quantitative estimate of drug-likeness (QED) is 0.555. The minimum Gasteiger partial charge on any atom is -0.387 e. The van der Waals surface area contributed by atoms with Crippen LogP contribution in [0.25, 0.3) is 0 Å². The van der Waals surface area contributed by atoms with Gasteiger partial charge in [0.1, 0.15) is 5.82 Å². The second kappa shape index (κ2) is 11.6. The molecule has 1 saturated carbocycles. The van der Waals surface area contributed by atoms with E-state index in [1.54, 1.807) is 0 Å².